The van der Waals surface area contributed by atoms with E-state index in [0.29, 0.717) is 36.6 Å². The third kappa shape index (κ3) is 4.46. The molecule has 10 heteroatoms. The summed E-state index contributed by atoms with van der Waals surface area (Å²) >= 11 is 0. The highest BCUT2D eigenvalue weighted by Gasteiger charge is 2.40. The van der Waals surface area contributed by atoms with Crippen LogP contribution in [0.1, 0.15) is 59.9 Å². The second kappa shape index (κ2) is 8.95. The lowest BCUT2D eigenvalue weighted by Gasteiger charge is -2.33. The predicted octanol–water partition coefficient (Wildman–Crippen LogP) is 3.95. The van der Waals surface area contributed by atoms with Crippen LogP contribution in [0, 0.1) is 5.92 Å². The number of aryl methyl sites for hydroxylation is 1. The number of benzene rings is 1. The van der Waals surface area contributed by atoms with Crippen LogP contribution in [0.15, 0.2) is 58.6 Å². The van der Waals surface area contributed by atoms with Crippen molar-refractivity contribution in [1.82, 2.24) is 9.97 Å². The first kappa shape index (κ1) is 24.9. The van der Waals surface area contributed by atoms with Gasteiger partial charge in [0, 0.05) is 36.3 Å². The van der Waals surface area contributed by atoms with Crippen LogP contribution in [0.3, 0.4) is 0 Å². The largest absolute Gasteiger partial charge is 0.439 e. The molecule has 9 nitrogen and oxygen atoms in total. The number of rotatable bonds is 6. The van der Waals surface area contributed by atoms with Crippen LogP contribution >= 0.6 is 0 Å². The van der Waals surface area contributed by atoms with E-state index >= 15 is 0 Å². The van der Waals surface area contributed by atoms with Gasteiger partial charge in [-0.3, -0.25) is 9.59 Å². The van der Waals surface area contributed by atoms with Crippen LogP contribution in [0.25, 0.3) is 0 Å². The lowest BCUT2D eigenvalue weighted by molar-refractivity contribution is 0.0987. The SMILES string of the molecule is CC1CN(c2nccc(S(=O)(=O)c3cccc(Oc4ccc5c(c4)CCC5=O)n3)c2C(N)=O)C(C)(C)C1. The second-order valence-corrected chi connectivity index (χ2v) is 12.1. The molecule has 1 amide bonds. The molecule has 5 rings (SSSR count). The molecule has 0 spiro atoms. The molecular formula is C27H28N4O5S. The van der Waals surface area contributed by atoms with Gasteiger partial charge in [0.05, 0.1) is 4.90 Å². The van der Waals surface area contributed by atoms with E-state index in [1.807, 2.05) is 18.7 Å². The maximum atomic E-state index is 13.7. The first-order chi connectivity index (χ1) is 17.5. The quantitative estimate of drug-likeness (QED) is 0.517. The molecule has 3 heterocycles. The number of sulfone groups is 1. The summed E-state index contributed by atoms with van der Waals surface area (Å²) in [6, 6.07) is 10.8. The highest BCUT2D eigenvalue weighted by atomic mass is 32.2. The number of carbonyl (C=O) groups is 2. The van der Waals surface area contributed by atoms with E-state index < -0.39 is 15.7 Å². The standard InChI is InChI=1S/C27H28N4O5S/c1-16-14-27(2,3)31(15-16)26-24(25(28)33)21(11-12-29-26)37(34,35)23-6-4-5-22(30-23)36-18-8-9-19-17(13-18)7-10-20(19)32/h4-6,8-9,11-13,16H,7,10,14-15H2,1-3H3,(H2,28,33). The summed E-state index contributed by atoms with van der Waals surface area (Å²) in [5.74, 6) is 0.326. The molecule has 2 N–H and O–H groups in total. The Morgan fingerprint density at radius 2 is 1.95 bits per heavy atom. The summed E-state index contributed by atoms with van der Waals surface area (Å²) in [6.45, 7) is 6.78. The van der Waals surface area contributed by atoms with Crippen LogP contribution in [-0.2, 0) is 16.3 Å². The van der Waals surface area contributed by atoms with Crippen molar-refractivity contribution < 1.29 is 22.7 Å². The highest BCUT2D eigenvalue weighted by Crippen LogP contribution is 2.39. The van der Waals surface area contributed by atoms with Crippen molar-refractivity contribution in [3.63, 3.8) is 0 Å². The zero-order valence-electron chi connectivity index (χ0n) is 20.9. The summed E-state index contributed by atoms with van der Waals surface area (Å²) in [5, 5.41) is -0.282. The van der Waals surface area contributed by atoms with Gasteiger partial charge in [-0.1, -0.05) is 13.0 Å². The molecule has 1 aromatic carbocycles. The molecule has 1 atom stereocenters. The Kier molecular flexibility index (Phi) is 6.02. The maximum absolute atomic E-state index is 13.7. The fraction of sp³-hybridized carbons (Fsp3) is 0.333. The summed E-state index contributed by atoms with van der Waals surface area (Å²) in [6.07, 6.45) is 3.34. The van der Waals surface area contributed by atoms with E-state index in [2.05, 4.69) is 16.9 Å². The monoisotopic (exact) mass is 520 g/mol. The molecule has 37 heavy (non-hydrogen) atoms. The van der Waals surface area contributed by atoms with Gasteiger partial charge in [-0.25, -0.2) is 18.4 Å². The Bertz CT molecular complexity index is 1530. The Hall–Kier alpha value is -3.79. The van der Waals surface area contributed by atoms with Crippen molar-refractivity contribution in [2.45, 2.75) is 55.5 Å². The van der Waals surface area contributed by atoms with E-state index in [1.54, 1.807) is 24.3 Å². The van der Waals surface area contributed by atoms with Gasteiger partial charge < -0.3 is 15.4 Å². The molecule has 3 aromatic rings. The first-order valence-corrected chi connectivity index (χ1v) is 13.6. The van der Waals surface area contributed by atoms with Crippen molar-refractivity contribution >= 4 is 27.3 Å². The average molecular weight is 521 g/mol. The normalized spacial score (nSPS) is 18.6. The number of carbonyl (C=O) groups excluding carboxylic acids is 2. The maximum Gasteiger partial charge on any atom is 0.253 e. The topological polar surface area (TPSA) is 133 Å². The zero-order valence-corrected chi connectivity index (χ0v) is 21.7. The number of hydrogen-bond donors (Lipinski definition) is 1. The van der Waals surface area contributed by atoms with Gasteiger partial charge in [0.15, 0.2) is 10.8 Å². The Morgan fingerprint density at radius 3 is 2.65 bits per heavy atom. The molecule has 0 radical (unpaired) electrons. The summed E-state index contributed by atoms with van der Waals surface area (Å²) in [5.41, 5.74) is 6.82. The molecule has 192 valence electrons. The molecule has 1 fully saturated rings. The van der Waals surface area contributed by atoms with Crippen molar-refractivity contribution in [2.24, 2.45) is 11.7 Å². The minimum atomic E-state index is -4.25. The number of nitrogens with two attached hydrogens (primary N) is 1. The molecule has 1 aliphatic heterocycles. The van der Waals surface area contributed by atoms with Crippen LogP contribution in [0.5, 0.6) is 11.6 Å². The van der Waals surface area contributed by atoms with Crippen LogP contribution in [-0.4, -0.2) is 42.2 Å². The second-order valence-electron chi connectivity index (χ2n) is 10.3. The summed E-state index contributed by atoms with van der Waals surface area (Å²) in [7, 11) is -4.25. The van der Waals surface area contributed by atoms with Crippen molar-refractivity contribution in [3.05, 3.63) is 65.4 Å². The van der Waals surface area contributed by atoms with Crippen molar-refractivity contribution in [1.29, 1.82) is 0 Å². The fourth-order valence-electron chi connectivity index (χ4n) is 5.38. The van der Waals surface area contributed by atoms with Gasteiger partial charge in [-0.2, -0.15) is 0 Å². The van der Waals surface area contributed by atoms with E-state index in [-0.39, 0.29) is 38.5 Å². The molecule has 0 saturated carbocycles. The number of anilines is 1. The van der Waals surface area contributed by atoms with Gasteiger partial charge in [0.2, 0.25) is 15.7 Å². The first-order valence-electron chi connectivity index (χ1n) is 12.1. The van der Waals surface area contributed by atoms with E-state index in [9.17, 15) is 18.0 Å². The molecule has 1 aliphatic carbocycles. The van der Waals surface area contributed by atoms with Gasteiger partial charge in [-0.05, 0) is 68.5 Å². The van der Waals surface area contributed by atoms with Crippen LogP contribution in [0.4, 0.5) is 5.82 Å². The molecule has 1 saturated heterocycles. The number of ketones is 1. The summed E-state index contributed by atoms with van der Waals surface area (Å²) in [4.78, 5) is 34.8. The minimum absolute atomic E-state index is 0.0646. The molecule has 2 aromatic heterocycles. The average Bonchev–Trinajstić information content (AvgIpc) is 3.35. The van der Waals surface area contributed by atoms with E-state index in [1.165, 1.54) is 24.4 Å². The van der Waals surface area contributed by atoms with Crippen LogP contribution < -0.4 is 15.4 Å². The molecule has 2 aliphatic rings. The molecule has 1 unspecified atom stereocenters. The minimum Gasteiger partial charge on any atom is -0.439 e. The molecule has 0 bridgehead atoms. The predicted molar refractivity (Wildman–Crippen MR) is 137 cm³/mol. The van der Waals surface area contributed by atoms with Gasteiger partial charge in [0.25, 0.3) is 5.91 Å². The number of hydrogen-bond acceptors (Lipinski definition) is 8. The fourth-order valence-corrected chi connectivity index (χ4v) is 6.78. The Balaban J connectivity index is 1.52. The number of primary amides is 1. The van der Waals surface area contributed by atoms with E-state index in [4.69, 9.17) is 10.5 Å². The lowest BCUT2D eigenvalue weighted by atomic mass is 9.97. The van der Waals surface area contributed by atoms with Gasteiger partial charge in [0.1, 0.15) is 17.1 Å². The smallest absolute Gasteiger partial charge is 0.253 e. The molecular weight excluding hydrogens is 492 g/mol. The number of pyridine rings is 2. The number of fused-ring (bicyclic) bond motifs is 1. The third-order valence-corrected chi connectivity index (χ3v) is 8.65. The Morgan fingerprint density at radius 1 is 1.16 bits per heavy atom. The number of nitrogens with zero attached hydrogens (tertiary/aromatic N) is 3. The summed E-state index contributed by atoms with van der Waals surface area (Å²) < 4.78 is 33.3. The van der Waals surface area contributed by atoms with Gasteiger partial charge >= 0.3 is 0 Å². The number of aromatic nitrogens is 2. The van der Waals surface area contributed by atoms with Gasteiger partial charge in [-0.15, -0.1) is 0 Å². The lowest BCUT2D eigenvalue weighted by Crippen LogP contribution is -2.40. The number of amides is 1. The highest BCUT2D eigenvalue weighted by molar-refractivity contribution is 7.91. The van der Waals surface area contributed by atoms with E-state index in [0.717, 1.165) is 12.0 Å². The van der Waals surface area contributed by atoms with Crippen LogP contribution in [0.2, 0.25) is 0 Å². The van der Waals surface area contributed by atoms with Crippen molar-refractivity contribution in [2.75, 3.05) is 11.4 Å². The Labute approximate surface area is 215 Å². The van der Waals surface area contributed by atoms with Crippen molar-refractivity contribution in [3.8, 4) is 11.6 Å². The number of Topliss-reactive ketones (excluding diaryl/α,β-unsaturated/α-hetero) is 1. The zero-order chi connectivity index (χ0) is 26.5. The third-order valence-electron chi connectivity index (χ3n) is 6.95. The number of ether oxygens (including phenoxy) is 1.